The molecular weight excluding hydrogens is 532 g/mol. The Bertz CT molecular complexity index is 1200. The molecule has 0 saturated heterocycles. The van der Waals surface area contributed by atoms with Crippen molar-refractivity contribution in [1.29, 1.82) is 0 Å². The molecule has 11 heteroatoms. The standard InChI is InChI=1S/C17H27F2NO2Si.C11H13F2NO2/c1-15(2,3)23(6,7)22-10-12-8-13(9-20-14(12)21-5)16(4)11-17(16,18)19;1-10(6-11(10,12)13)8-3-7(5-15)9(16-2)14-4-8/h8-9H,10-11H2,1-7H3;3-4,15H,5-6H2,1-2H3. The van der Waals surface area contributed by atoms with Crippen LogP contribution in [0.25, 0.3) is 0 Å². The van der Waals surface area contributed by atoms with Gasteiger partial charge < -0.3 is 19.0 Å². The van der Waals surface area contributed by atoms with Crippen LogP contribution in [-0.2, 0) is 28.5 Å². The van der Waals surface area contributed by atoms with Gasteiger partial charge in [-0.1, -0.05) is 20.8 Å². The minimum Gasteiger partial charge on any atom is -0.481 e. The highest BCUT2D eigenvalue weighted by Crippen LogP contribution is 2.62. The van der Waals surface area contributed by atoms with E-state index in [0.717, 1.165) is 5.56 Å². The second kappa shape index (κ2) is 10.3. The van der Waals surface area contributed by atoms with E-state index in [1.165, 1.54) is 39.6 Å². The number of hydrogen-bond acceptors (Lipinski definition) is 6. The largest absolute Gasteiger partial charge is 0.481 e. The van der Waals surface area contributed by atoms with E-state index in [1.54, 1.807) is 13.0 Å². The van der Waals surface area contributed by atoms with Crippen LogP contribution in [0.4, 0.5) is 17.6 Å². The van der Waals surface area contributed by atoms with E-state index < -0.39 is 31.0 Å². The summed E-state index contributed by atoms with van der Waals surface area (Å²) in [4.78, 5) is 8.14. The lowest BCUT2D eigenvalue weighted by Crippen LogP contribution is -2.40. The molecule has 4 rings (SSSR count). The Kier molecular flexibility index (Phi) is 8.26. The molecule has 2 heterocycles. The van der Waals surface area contributed by atoms with Crippen LogP contribution in [0.3, 0.4) is 0 Å². The first-order chi connectivity index (χ1) is 17.8. The fourth-order valence-electron chi connectivity index (χ4n) is 4.08. The average Bonchev–Trinajstić information content (AvgIpc) is 3.61. The van der Waals surface area contributed by atoms with Crippen molar-refractivity contribution in [2.75, 3.05) is 14.2 Å². The Morgan fingerprint density at radius 2 is 1.23 bits per heavy atom. The molecule has 0 spiro atoms. The van der Waals surface area contributed by atoms with Crippen molar-refractivity contribution in [2.24, 2.45) is 0 Å². The molecule has 0 bridgehead atoms. The highest BCUT2D eigenvalue weighted by molar-refractivity contribution is 6.74. The van der Waals surface area contributed by atoms with Gasteiger partial charge in [0, 0.05) is 36.4 Å². The Hall–Kier alpha value is -2.24. The molecule has 2 saturated carbocycles. The highest BCUT2D eigenvalue weighted by Gasteiger charge is 2.69. The predicted octanol–water partition coefficient (Wildman–Crippen LogP) is 6.79. The van der Waals surface area contributed by atoms with E-state index in [4.69, 9.17) is 19.0 Å². The van der Waals surface area contributed by atoms with Gasteiger partial charge >= 0.3 is 0 Å². The van der Waals surface area contributed by atoms with Crippen molar-refractivity contribution in [3.8, 4) is 11.8 Å². The van der Waals surface area contributed by atoms with Crippen LogP contribution in [0.15, 0.2) is 24.5 Å². The van der Waals surface area contributed by atoms with Crippen LogP contribution in [0, 0.1) is 0 Å². The number of halogens is 4. The molecule has 218 valence electrons. The van der Waals surface area contributed by atoms with Gasteiger partial charge in [0.1, 0.15) is 0 Å². The quantitative estimate of drug-likeness (QED) is 0.277. The third-order valence-corrected chi connectivity index (χ3v) is 13.1. The summed E-state index contributed by atoms with van der Waals surface area (Å²) < 4.78 is 70.0. The average molecular weight is 573 g/mol. The van der Waals surface area contributed by atoms with Crippen molar-refractivity contribution in [2.45, 2.75) is 101 Å². The van der Waals surface area contributed by atoms with Crippen molar-refractivity contribution in [3.63, 3.8) is 0 Å². The summed E-state index contributed by atoms with van der Waals surface area (Å²) in [6, 6.07) is 3.30. The van der Waals surface area contributed by atoms with Gasteiger partial charge in [-0.15, -0.1) is 0 Å². The van der Waals surface area contributed by atoms with Crippen LogP contribution in [0.5, 0.6) is 11.8 Å². The monoisotopic (exact) mass is 572 g/mol. The summed E-state index contributed by atoms with van der Waals surface area (Å²) in [5.41, 5.74) is -0.0871. The van der Waals surface area contributed by atoms with E-state index in [9.17, 15) is 17.6 Å². The third-order valence-electron chi connectivity index (χ3n) is 8.59. The van der Waals surface area contributed by atoms with E-state index >= 15 is 0 Å². The van der Waals surface area contributed by atoms with Crippen LogP contribution < -0.4 is 9.47 Å². The van der Waals surface area contributed by atoms with Gasteiger partial charge in [0.05, 0.1) is 38.3 Å². The summed E-state index contributed by atoms with van der Waals surface area (Å²) >= 11 is 0. The summed E-state index contributed by atoms with van der Waals surface area (Å²) in [5.74, 6) is -4.60. The molecule has 0 aliphatic heterocycles. The normalized spacial score (nSPS) is 24.9. The lowest BCUT2D eigenvalue weighted by Gasteiger charge is -2.36. The number of hydrogen-bond donors (Lipinski definition) is 1. The molecule has 6 nitrogen and oxygen atoms in total. The Morgan fingerprint density at radius 3 is 1.56 bits per heavy atom. The molecular formula is C28H40F4N2O4Si. The number of alkyl halides is 4. The summed E-state index contributed by atoms with van der Waals surface area (Å²) in [6.07, 6.45) is 2.59. The maximum atomic E-state index is 13.6. The SMILES string of the molecule is COc1ncc(C2(C)CC2(F)F)cc1CO.COc1ncc(C2(C)CC2(F)F)cc1CO[Si](C)(C)C(C)(C)C. The van der Waals surface area contributed by atoms with E-state index in [2.05, 4.69) is 43.8 Å². The topological polar surface area (TPSA) is 73.7 Å². The minimum absolute atomic E-state index is 0.0841. The molecule has 39 heavy (non-hydrogen) atoms. The van der Waals surface area contributed by atoms with Crippen LogP contribution in [-0.4, -0.2) is 49.5 Å². The molecule has 2 unspecified atom stereocenters. The van der Waals surface area contributed by atoms with Gasteiger partial charge in [0.2, 0.25) is 11.8 Å². The Labute approximate surface area is 229 Å². The minimum atomic E-state index is -2.67. The maximum absolute atomic E-state index is 13.6. The zero-order valence-corrected chi connectivity index (χ0v) is 25.2. The molecule has 1 N–H and O–H groups in total. The van der Waals surface area contributed by atoms with Crippen LogP contribution in [0.2, 0.25) is 18.1 Å². The highest BCUT2D eigenvalue weighted by atomic mass is 28.4. The molecule has 2 atom stereocenters. The fourth-order valence-corrected chi connectivity index (χ4v) is 5.03. The number of rotatable bonds is 8. The van der Waals surface area contributed by atoms with Crippen LogP contribution >= 0.6 is 0 Å². The van der Waals surface area contributed by atoms with Crippen molar-refractivity contribution >= 4 is 8.32 Å². The number of aromatic nitrogens is 2. The van der Waals surface area contributed by atoms with Gasteiger partial charge in [0.25, 0.3) is 11.8 Å². The first-order valence-electron chi connectivity index (χ1n) is 12.9. The Balaban J connectivity index is 0.000000230. The molecule has 2 aromatic rings. The molecule has 2 aliphatic carbocycles. The van der Waals surface area contributed by atoms with Gasteiger partial charge in [-0.2, -0.15) is 0 Å². The predicted molar refractivity (Wildman–Crippen MR) is 143 cm³/mol. The number of aliphatic hydroxyl groups excluding tert-OH is 1. The number of methoxy groups -OCH3 is 2. The van der Waals surface area contributed by atoms with E-state index in [0.29, 0.717) is 29.2 Å². The van der Waals surface area contributed by atoms with Crippen molar-refractivity contribution in [1.82, 2.24) is 9.97 Å². The van der Waals surface area contributed by atoms with Crippen molar-refractivity contribution < 1.29 is 36.6 Å². The maximum Gasteiger partial charge on any atom is 0.258 e. The third kappa shape index (κ3) is 5.95. The summed E-state index contributed by atoms with van der Waals surface area (Å²) in [6.45, 7) is 13.9. The summed E-state index contributed by atoms with van der Waals surface area (Å²) in [5, 5.41) is 9.17. The zero-order chi connectivity index (χ0) is 29.7. The fraction of sp³-hybridized carbons (Fsp3) is 0.643. The zero-order valence-electron chi connectivity index (χ0n) is 24.2. The van der Waals surface area contributed by atoms with E-state index in [-0.39, 0.29) is 30.4 Å². The van der Waals surface area contributed by atoms with Gasteiger partial charge in [0.15, 0.2) is 8.32 Å². The molecule has 0 amide bonds. The number of aliphatic hydroxyl groups is 1. The lowest BCUT2D eigenvalue weighted by atomic mass is 9.98. The molecule has 0 aromatic carbocycles. The second-order valence-corrected chi connectivity index (χ2v) is 17.2. The molecule has 2 fully saturated rings. The smallest absolute Gasteiger partial charge is 0.258 e. The van der Waals surface area contributed by atoms with Gasteiger partial charge in [-0.25, -0.2) is 27.5 Å². The second-order valence-electron chi connectivity index (χ2n) is 12.4. The lowest BCUT2D eigenvalue weighted by molar-refractivity contribution is 0.0913. The molecule has 2 aliphatic rings. The molecule has 2 aromatic heterocycles. The van der Waals surface area contributed by atoms with E-state index in [1.807, 2.05) is 0 Å². The Morgan fingerprint density at radius 1 is 0.846 bits per heavy atom. The van der Waals surface area contributed by atoms with Crippen LogP contribution in [0.1, 0.15) is 69.7 Å². The van der Waals surface area contributed by atoms with Crippen molar-refractivity contribution in [3.05, 3.63) is 46.8 Å². The van der Waals surface area contributed by atoms with Gasteiger partial charge in [-0.05, 0) is 55.2 Å². The molecule has 0 radical (unpaired) electrons. The summed E-state index contributed by atoms with van der Waals surface area (Å²) in [7, 11) is 1.03. The number of nitrogens with zero attached hydrogens (tertiary/aromatic N) is 2. The first kappa shape index (κ1) is 31.3. The van der Waals surface area contributed by atoms with Gasteiger partial charge in [-0.3, -0.25) is 0 Å². The number of pyridine rings is 2. The first-order valence-corrected chi connectivity index (χ1v) is 15.8. The number of ether oxygens (including phenoxy) is 2.